The minimum Gasteiger partial charge on any atom is -0.320 e. The summed E-state index contributed by atoms with van der Waals surface area (Å²) in [7, 11) is 0. The van der Waals surface area contributed by atoms with Gasteiger partial charge < -0.3 is 4.57 Å². The minimum atomic E-state index is -0.134. The van der Waals surface area contributed by atoms with E-state index in [9.17, 15) is 0 Å². The van der Waals surface area contributed by atoms with Gasteiger partial charge in [-0.3, -0.25) is 0 Å². The Kier molecular flexibility index (Phi) is 3.00. The van der Waals surface area contributed by atoms with E-state index in [0.29, 0.717) is 17.9 Å². The molecule has 0 bridgehead atoms. The standard InChI is InChI=1S/C25H22N2/c1-25-19-11-4-2-3-9-17(19)15-16-20(25)18-10-5-7-13-22(18)27-23-14-8-6-12-21(23)26-24(25)27/h2,4-16,18,20,22H,3H2,1H3. The SMILES string of the molecule is CC12C3=CC=CCC=C3C=CC1C1C=CC=CC1n1c2nc2ccccc21. The number of nitrogens with zero attached hydrogens (tertiary/aromatic N) is 2. The predicted molar refractivity (Wildman–Crippen MR) is 110 cm³/mol. The van der Waals surface area contributed by atoms with Gasteiger partial charge in [0.15, 0.2) is 0 Å². The molecule has 4 unspecified atom stereocenters. The molecule has 2 nitrogen and oxygen atoms in total. The molecule has 4 aliphatic rings. The molecular formula is C25H22N2. The number of benzene rings is 1. The molecule has 0 fully saturated rings. The van der Waals surface area contributed by atoms with E-state index in [2.05, 4.69) is 96.5 Å². The smallest absolute Gasteiger partial charge is 0.121 e. The summed E-state index contributed by atoms with van der Waals surface area (Å²) in [6.45, 7) is 2.40. The maximum absolute atomic E-state index is 5.20. The molecule has 0 radical (unpaired) electrons. The molecule has 2 heteroatoms. The monoisotopic (exact) mass is 350 g/mol. The number of hydrogen-bond donors (Lipinski definition) is 0. The van der Waals surface area contributed by atoms with Crippen molar-refractivity contribution in [2.45, 2.75) is 24.8 Å². The van der Waals surface area contributed by atoms with Crippen LogP contribution in [0.25, 0.3) is 11.0 Å². The highest BCUT2D eigenvalue weighted by atomic mass is 15.1. The van der Waals surface area contributed by atoms with Crippen LogP contribution < -0.4 is 0 Å². The Morgan fingerprint density at radius 3 is 2.93 bits per heavy atom. The van der Waals surface area contributed by atoms with Crippen LogP contribution in [-0.2, 0) is 5.41 Å². The van der Waals surface area contributed by atoms with Crippen molar-refractivity contribution < 1.29 is 0 Å². The summed E-state index contributed by atoms with van der Waals surface area (Å²) in [4.78, 5) is 5.20. The van der Waals surface area contributed by atoms with Crippen molar-refractivity contribution in [3.05, 3.63) is 102 Å². The zero-order valence-electron chi connectivity index (χ0n) is 15.4. The van der Waals surface area contributed by atoms with Crippen LogP contribution in [0.2, 0.25) is 0 Å². The van der Waals surface area contributed by atoms with Crippen molar-refractivity contribution in [2.75, 3.05) is 0 Å². The van der Waals surface area contributed by atoms with Gasteiger partial charge in [0.05, 0.1) is 22.5 Å². The van der Waals surface area contributed by atoms with Gasteiger partial charge in [0.1, 0.15) is 5.82 Å². The highest BCUT2D eigenvalue weighted by Gasteiger charge is 2.53. The molecule has 0 N–H and O–H groups in total. The van der Waals surface area contributed by atoms with Crippen LogP contribution in [0.4, 0.5) is 0 Å². The quantitative estimate of drug-likeness (QED) is 0.605. The molecule has 0 amide bonds. The molecule has 3 aliphatic carbocycles. The van der Waals surface area contributed by atoms with Crippen molar-refractivity contribution >= 4 is 11.0 Å². The van der Waals surface area contributed by atoms with Crippen molar-refractivity contribution in [3.8, 4) is 0 Å². The Morgan fingerprint density at radius 1 is 1.07 bits per heavy atom. The fraction of sp³-hybridized carbons (Fsp3) is 0.240. The maximum Gasteiger partial charge on any atom is 0.121 e. The number of aromatic nitrogens is 2. The number of imidazole rings is 1. The van der Waals surface area contributed by atoms with Gasteiger partial charge in [-0.2, -0.15) is 0 Å². The Bertz CT molecular complexity index is 1130. The molecule has 0 saturated carbocycles. The normalized spacial score (nSPS) is 32.9. The van der Waals surface area contributed by atoms with Crippen molar-refractivity contribution in [2.24, 2.45) is 11.8 Å². The lowest BCUT2D eigenvalue weighted by Gasteiger charge is -2.51. The van der Waals surface area contributed by atoms with E-state index >= 15 is 0 Å². The molecular weight excluding hydrogens is 328 g/mol. The van der Waals surface area contributed by atoms with Gasteiger partial charge in [-0.15, -0.1) is 0 Å². The summed E-state index contributed by atoms with van der Waals surface area (Å²) in [5, 5.41) is 0. The molecule has 4 atom stereocenters. The summed E-state index contributed by atoms with van der Waals surface area (Å²) < 4.78 is 2.50. The topological polar surface area (TPSA) is 17.8 Å². The fourth-order valence-electron chi connectivity index (χ4n) is 5.55. The van der Waals surface area contributed by atoms with E-state index < -0.39 is 0 Å². The van der Waals surface area contributed by atoms with Gasteiger partial charge in [-0.25, -0.2) is 4.98 Å². The van der Waals surface area contributed by atoms with Crippen molar-refractivity contribution in [3.63, 3.8) is 0 Å². The third-order valence-corrected chi connectivity index (χ3v) is 6.81. The largest absolute Gasteiger partial charge is 0.320 e. The molecule has 132 valence electrons. The summed E-state index contributed by atoms with van der Waals surface area (Å²) in [6.07, 6.45) is 24.1. The summed E-state index contributed by atoms with van der Waals surface area (Å²) in [5.41, 5.74) is 4.96. The Balaban J connectivity index is 1.73. The van der Waals surface area contributed by atoms with E-state index in [1.165, 1.54) is 22.5 Å². The van der Waals surface area contributed by atoms with Gasteiger partial charge in [-0.1, -0.05) is 72.9 Å². The molecule has 0 saturated heterocycles. The molecule has 2 heterocycles. The lowest BCUT2D eigenvalue weighted by atomic mass is 9.57. The molecule has 27 heavy (non-hydrogen) atoms. The first-order chi connectivity index (χ1) is 13.3. The van der Waals surface area contributed by atoms with Crippen LogP contribution >= 0.6 is 0 Å². The third kappa shape index (κ3) is 1.88. The second-order valence-electron chi connectivity index (χ2n) is 8.12. The van der Waals surface area contributed by atoms with E-state index in [1.54, 1.807) is 0 Å². The zero-order valence-corrected chi connectivity index (χ0v) is 15.4. The number of rotatable bonds is 0. The fourth-order valence-corrected chi connectivity index (χ4v) is 5.55. The summed E-state index contributed by atoms with van der Waals surface area (Å²) in [6, 6.07) is 8.91. The lowest BCUT2D eigenvalue weighted by Crippen LogP contribution is -2.48. The lowest BCUT2D eigenvalue weighted by molar-refractivity contribution is 0.211. The van der Waals surface area contributed by atoms with Gasteiger partial charge in [0.25, 0.3) is 0 Å². The van der Waals surface area contributed by atoms with Crippen LogP contribution in [0.5, 0.6) is 0 Å². The number of fused-ring (bicyclic) bond motifs is 10. The van der Waals surface area contributed by atoms with Crippen LogP contribution in [-0.4, -0.2) is 9.55 Å². The number of hydrogen-bond acceptors (Lipinski definition) is 1. The van der Waals surface area contributed by atoms with Gasteiger partial charge in [0.2, 0.25) is 0 Å². The third-order valence-electron chi connectivity index (χ3n) is 6.81. The molecule has 6 rings (SSSR count). The highest BCUT2D eigenvalue weighted by molar-refractivity contribution is 5.78. The van der Waals surface area contributed by atoms with Crippen molar-refractivity contribution in [1.82, 2.24) is 9.55 Å². The van der Waals surface area contributed by atoms with Gasteiger partial charge in [0, 0.05) is 11.8 Å². The first-order valence-corrected chi connectivity index (χ1v) is 9.87. The predicted octanol–water partition coefficient (Wildman–Crippen LogP) is 5.59. The van der Waals surface area contributed by atoms with E-state index in [4.69, 9.17) is 4.98 Å². The number of allylic oxidation sites excluding steroid dienone is 12. The Labute approximate surface area is 159 Å². The molecule has 1 aliphatic heterocycles. The van der Waals surface area contributed by atoms with Crippen LogP contribution in [0.1, 0.15) is 25.2 Å². The van der Waals surface area contributed by atoms with E-state index in [1.807, 2.05) is 0 Å². The summed E-state index contributed by atoms with van der Waals surface area (Å²) in [5.74, 6) is 2.05. The second-order valence-corrected chi connectivity index (χ2v) is 8.12. The first-order valence-electron chi connectivity index (χ1n) is 9.87. The molecule has 1 aromatic carbocycles. The number of para-hydroxylation sites is 2. The van der Waals surface area contributed by atoms with E-state index in [-0.39, 0.29) is 5.41 Å². The molecule has 2 aromatic rings. The Morgan fingerprint density at radius 2 is 1.96 bits per heavy atom. The molecule has 1 aromatic heterocycles. The summed E-state index contributed by atoms with van der Waals surface area (Å²) >= 11 is 0. The average Bonchev–Trinajstić information content (AvgIpc) is 2.93. The van der Waals surface area contributed by atoms with Gasteiger partial charge >= 0.3 is 0 Å². The first kappa shape index (κ1) is 15.2. The second kappa shape index (κ2) is 5.32. The highest BCUT2D eigenvalue weighted by Crippen LogP contribution is 2.56. The van der Waals surface area contributed by atoms with Crippen molar-refractivity contribution in [1.29, 1.82) is 0 Å². The maximum atomic E-state index is 5.20. The van der Waals surface area contributed by atoms with Crippen LogP contribution in [0, 0.1) is 11.8 Å². The Hall–Kier alpha value is -2.87. The van der Waals surface area contributed by atoms with E-state index in [0.717, 1.165) is 11.9 Å². The van der Waals surface area contributed by atoms with Crippen LogP contribution in [0.3, 0.4) is 0 Å². The zero-order chi connectivity index (χ0) is 18.0. The van der Waals surface area contributed by atoms with Crippen LogP contribution in [0.15, 0.2) is 96.2 Å². The molecule has 0 spiro atoms. The average molecular weight is 350 g/mol. The minimum absolute atomic E-state index is 0.134. The van der Waals surface area contributed by atoms with Gasteiger partial charge in [-0.05, 0) is 36.6 Å².